The topological polar surface area (TPSA) is 38.8 Å². The van der Waals surface area contributed by atoms with Gasteiger partial charge in [0.15, 0.2) is 5.78 Å². The van der Waals surface area contributed by atoms with Gasteiger partial charge in [-0.05, 0) is 37.6 Å². The summed E-state index contributed by atoms with van der Waals surface area (Å²) in [5.74, 6) is 1.51. The second-order valence-electron chi connectivity index (χ2n) is 5.10. The molecule has 1 aliphatic rings. The first-order chi connectivity index (χ1) is 11.2. The minimum Gasteiger partial charge on any atom is -0.494 e. The molecular weight excluding hydrogens is 314 g/mol. The highest BCUT2D eigenvalue weighted by molar-refractivity contribution is 6.17. The Balaban J connectivity index is 0.00000127. The van der Waals surface area contributed by atoms with Crippen LogP contribution in [0.2, 0.25) is 0 Å². The fraction of sp³-hybridized carbons (Fsp3) is 0.611. The zero-order valence-corrected chi connectivity index (χ0v) is 15.1. The minimum atomic E-state index is -0.114. The van der Waals surface area contributed by atoms with Gasteiger partial charge in [-0.15, -0.1) is 11.6 Å². The number of rotatable bonds is 7. The third-order valence-electron chi connectivity index (χ3n) is 3.66. The molecule has 23 heavy (non-hydrogen) atoms. The number of alkyl halides is 1. The maximum Gasteiger partial charge on any atom is 0.179 e. The first-order valence-electron chi connectivity index (χ1n) is 8.37. The van der Waals surface area contributed by atoms with E-state index in [0.717, 1.165) is 30.8 Å². The highest BCUT2D eigenvalue weighted by atomic mass is 35.5. The van der Waals surface area contributed by atoms with E-state index in [1.165, 1.54) is 0 Å². The summed E-state index contributed by atoms with van der Waals surface area (Å²) in [6.45, 7) is 9.58. The van der Waals surface area contributed by atoms with Crippen LogP contribution in [0.4, 0.5) is 0 Å². The summed E-state index contributed by atoms with van der Waals surface area (Å²) in [6.07, 6.45) is 0.816. The van der Waals surface area contributed by atoms with Crippen molar-refractivity contribution in [2.45, 2.75) is 33.2 Å². The largest absolute Gasteiger partial charge is 0.494 e. The third kappa shape index (κ3) is 6.50. The Hall–Kier alpha value is -1.10. The molecule has 0 saturated carbocycles. The molecule has 0 bridgehead atoms. The van der Waals surface area contributed by atoms with Gasteiger partial charge in [-0.25, -0.2) is 0 Å². The predicted molar refractivity (Wildman–Crippen MR) is 94.8 cm³/mol. The summed E-state index contributed by atoms with van der Waals surface area (Å²) in [6, 6.07) is 7.22. The van der Waals surface area contributed by atoms with Gasteiger partial charge in [0, 0.05) is 24.5 Å². The summed E-state index contributed by atoms with van der Waals surface area (Å²) in [4.78, 5) is 14.6. The van der Waals surface area contributed by atoms with Gasteiger partial charge in [-0.1, -0.05) is 13.8 Å². The lowest BCUT2D eigenvalue weighted by Crippen LogP contribution is -2.45. The van der Waals surface area contributed by atoms with Crippen LogP contribution in [0.15, 0.2) is 24.3 Å². The number of Topliss-reactive ketones (excluding diaryl/α,β-unsaturated/α-hetero) is 1. The molecular formula is C18H28ClNO3. The fourth-order valence-electron chi connectivity index (χ4n) is 2.33. The molecule has 0 radical (unpaired) electrons. The van der Waals surface area contributed by atoms with Gasteiger partial charge >= 0.3 is 0 Å². The molecule has 1 heterocycles. The Bertz CT molecular complexity index is 444. The van der Waals surface area contributed by atoms with Crippen molar-refractivity contribution < 1.29 is 14.3 Å². The van der Waals surface area contributed by atoms with E-state index < -0.39 is 0 Å². The first kappa shape index (κ1) is 19.9. The summed E-state index contributed by atoms with van der Waals surface area (Å²) in [7, 11) is 0. The highest BCUT2D eigenvalue weighted by Gasteiger charge is 2.23. The van der Waals surface area contributed by atoms with Crippen LogP contribution in [0.3, 0.4) is 0 Å². The van der Waals surface area contributed by atoms with Gasteiger partial charge in [-0.2, -0.15) is 0 Å². The van der Waals surface area contributed by atoms with E-state index >= 15 is 0 Å². The van der Waals surface area contributed by atoms with Crippen LogP contribution < -0.4 is 4.74 Å². The average Bonchev–Trinajstić information content (AvgIpc) is 2.64. The summed E-state index contributed by atoms with van der Waals surface area (Å²) >= 11 is 5.60. The summed E-state index contributed by atoms with van der Waals surface area (Å²) in [5.41, 5.74) is 0.721. The zero-order chi connectivity index (χ0) is 17.1. The number of hydrogen-bond acceptors (Lipinski definition) is 4. The maximum absolute atomic E-state index is 12.5. The Morgan fingerprint density at radius 2 is 1.87 bits per heavy atom. The van der Waals surface area contributed by atoms with E-state index in [1.54, 1.807) is 0 Å². The quantitative estimate of drug-likeness (QED) is 0.431. The van der Waals surface area contributed by atoms with E-state index in [4.69, 9.17) is 21.1 Å². The number of benzene rings is 1. The van der Waals surface area contributed by atoms with E-state index in [-0.39, 0.29) is 11.8 Å². The van der Waals surface area contributed by atoms with Gasteiger partial charge in [0.05, 0.1) is 25.9 Å². The fourth-order valence-corrected chi connectivity index (χ4v) is 2.44. The van der Waals surface area contributed by atoms with Crippen molar-refractivity contribution in [3.05, 3.63) is 29.8 Å². The molecule has 130 valence electrons. The number of ether oxygens (including phenoxy) is 2. The number of carbonyl (C=O) groups is 1. The van der Waals surface area contributed by atoms with Gasteiger partial charge in [-0.3, -0.25) is 9.69 Å². The number of ketones is 1. The third-order valence-corrected chi connectivity index (χ3v) is 3.93. The van der Waals surface area contributed by atoms with E-state index in [9.17, 15) is 4.79 Å². The molecule has 1 aromatic rings. The lowest BCUT2D eigenvalue weighted by Gasteiger charge is -2.31. The van der Waals surface area contributed by atoms with Crippen LogP contribution in [0, 0.1) is 0 Å². The molecule has 1 atom stereocenters. The van der Waals surface area contributed by atoms with Gasteiger partial charge in [0.1, 0.15) is 5.75 Å². The van der Waals surface area contributed by atoms with Gasteiger partial charge in [0.2, 0.25) is 0 Å². The number of hydrogen-bond donors (Lipinski definition) is 0. The van der Waals surface area contributed by atoms with E-state index in [1.807, 2.05) is 45.0 Å². The van der Waals surface area contributed by atoms with Crippen molar-refractivity contribution in [1.29, 1.82) is 0 Å². The second kappa shape index (κ2) is 11.4. The van der Waals surface area contributed by atoms with Crippen LogP contribution in [-0.4, -0.2) is 55.5 Å². The van der Waals surface area contributed by atoms with E-state index in [2.05, 4.69) is 4.90 Å². The Labute approximate surface area is 144 Å². The first-order valence-corrected chi connectivity index (χ1v) is 8.90. The van der Waals surface area contributed by atoms with Crippen LogP contribution in [0.5, 0.6) is 5.75 Å². The molecule has 0 aromatic heterocycles. The molecule has 1 unspecified atom stereocenters. The lowest BCUT2D eigenvalue weighted by atomic mass is 10.0. The Kier molecular flexibility index (Phi) is 9.92. The summed E-state index contributed by atoms with van der Waals surface area (Å²) < 4.78 is 10.9. The van der Waals surface area contributed by atoms with Gasteiger partial charge in [0.25, 0.3) is 0 Å². The number of nitrogens with zero attached hydrogens (tertiary/aromatic N) is 1. The van der Waals surface area contributed by atoms with Crippen LogP contribution in [-0.2, 0) is 4.74 Å². The molecule has 1 aromatic carbocycles. The van der Waals surface area contributed by atoms with Crippen molar-refractivity contribution in [3.8, 4) is 5.75 Å². The van der Waals surface area contributed by atoms with Crippen LogP contribution in [0.1, 0.15) is 37.6 Å². The van der Waals surface area contributed by atoms with Crippen LogP contribution in [0.25, 0.3) is 0 Å². The van der Waals surface area contributed by atoms with Crippen molar-refractivity contribution in [3.63, 3.8) is 0 Å². The molecule has 2 rings (SSSR count). The molecule has 0 amide bonds. The maximum atomic E-state index is 12.5. The SMILES string of the molecule is CC.CC(C(=O)c1ccc(OCCCCl)cc1)N1CCOCC1. The van der Waals surface area contributed by atoms with Crippen molar-refractivity contribution in [2.75, 3.05) is 38.8 Å². The monoisotopic (exact) mass is 341 g/mol. The predicted octanol–water partition coefficient (Wildman–Crippen LogP) is 3.62. The molecule has 1 aliphatic heterocycles. The Morgan fingerprint density at radius 1 is 1.26 bits per heavy atom. The van der Waals surface area contributed by atoms with Gasteiger partial charge < -0.3 is 9.47 Å². The zero-order valence-electron chi connectivity index (χ0n) is 14.4. The molecule has 1 fully saturated rings. The van der Waals surface area contributed by atoms with Crippen molar-refractivity contribution in [2.24, 2.45) is 0 Å². The molecule has 5 heteroatoms. The molecule has 4 nitrogen and oxygen atoms in total. The second-order valence-corrected chi connectivity index (χ2v) is 5.48. The number of carbonyl (C=O) groups excluding carboxylic acids is 1. The molecule has 0 N–H and O–H groups in total. The normalized spacial score (nSPS) is 16.2. The van der Waals surface area contributed by atoms with E-state index in [0.29, 0.717) is 25.7 Å². The molecule has 1 saturated heterocycles. The Morgan fingerprint density at radius 3 is 2.43 bits per heavy atom. The van der Waals surface area contributed by atoms with Crippen molar-refractivity contribution in [1.82, 2.24) is 4.90 Å². The molecule has 0 aliphatic carbocycles. The van der Waals surface area contributed by atoms with Crippen LogP contribution >= 0.6 is 11.6 Å². The number of halogens is 1. The smallest absolute Gasteiger partial charge is 0.179 e. The number of morpholine rings is 1. The average molecular weight is 342 g/mol. The molecule has 0 spiro atoms. The summed E-state index contributed by atoms with van der Waals surface area (Å²) in [5, 5.41) is 0. The highest BCUT2D eigenvalue weighted by Crippen LogP contribution is 2.16. The van der Waals surface area contributed by atoms with Crippen molar-refractivity contribution >= 4 is 17.4 Å². The minimum absolute atomic E-state index is 0.114. The lowest BCUT2D eigenvalue weighted by molar-refractivity contribution is 0.0208. The standard InChI is InChI=1S/C16H22ClNO3.C2H6/c1-13(18-8-11-20-12-9-18)16(19)14-3-5-15(6-4-14)21-10-2-7-17;1-2/h3-6,13H,2,7-12H2,1H3;1-2H3.